The molecule has 0 saturated heterocycles. The van der Waals surface area contributed by atoms with Crippen LogP contribution in [0.25, 0.3) is 5.57 Å². The number of fused-ring (bicyclic) bond motifs is 2. The van der Waals surface area contributed by atoms with Gasteiger partial charge in [-0.1, -0.05) is 100.0 Å². The Morgan fingerprint density at radius 2 is 1.50 bits per heavy atom. The summed E-state index contributed by atoms with van der Waals surface area (Å²) < 4.78 is 65.4. The molecular formula is C39H47ClKNO6S2. The van der Waals surface area contributed by atoms with Gasteiger partial charge in [-0.15, -0.1) is 0 Å². The molecule has 0 spiro atoms. The Labute approximate surface area is 346 Å². The smallest absolute Gasteiger partial charge is 0.748 e. The number of allylic oxidation sites excluding steroid dienone is 10. The Bertz CT molecular complexity index is 1970. The van der Waals surface area contributed by atoms with Crippen LogP contribution in [-0.4, -0.2) is 44.0 Å². The Morgan fingerprint density at radius 3 is 2.20 bits per heavy atom. The average molecular weight is 764 g/mol. The van der Waals surface area contributed by atoms with Gasteiger partial charge in [0.2, 0.25) is 0 Å². The molecule has 1 heterocycles. The van der Waals surface area contributed by atoms with Gasteiger partial charge >= 0.3 is 51.4 Å². The molecule has 2 aliphatic carbocycles. The summed E-state index contributed by atoms with van der Waals surface area (Å²) in [7, 11) is -8.24. The number of unbranched alkanes of at least 4 members (excludes halogenated alkanes) is 2. The molecule has 2 aromatic carbocycles. The molecule has 7 nitrogen and oxygen atoms in total. The molecule has 1 N–H and O–H groups in total. The van der Waals surface area contributed by atoms with Gasteiger partial charge in [-0.05, 0) is 102 Å². The summed E-state index contributed by atoms with van der Waals surface area (Å²) >= 11 is 7.14. The minimum atomic E-state index is -4.25. The Morgan fingerprint density at radius 1 is 0.840 bits per heavy atom. The largest absolute Gasteiger partial charge is 1.00 e. The van der Waals surface area contributed by atoms with Crippen molar-refractivity contribution in [2.24, 2.45) is 0 Å². The summed E-state index contributed by atoms with van der Waals surface area (Å²) in [6.45, 7) is 9.43. The molecule has 3 aliphatic rings. The van der Waals surface area contributed by atoms with Crippen molar-refractivity contribution in [1.82, 2.24) is 0 Å². The van der Waals surface area contributed by atoms with Crippen molar-refractivity contribution in [2.45, 2.75) is 89.9 Å². The van der Waals surface area contributed by atoms with E-state index in [0.717, 1.165) is 46.8 Å². The van der Waals surface area contributed by atoms with Crippen LogP contribution >= 0.6 is 11.6 Å². The molecule has 1 aliphatic heterocycles. The fourth-order valence-corrected chi connectivity index (χ4v) is 9.07. The second-order valence-corrected chi connectivity index (χ2v) is 17.8. The molecule has 2 aromatic rings. The first-order valence-corrected chi connectivity index (χ1v) is 20.6. The zero-order valence-corrected chi connectivity index (χ0v) is 35.3. The van der Waals surface area contributed by atoms with Crippen molar-refractivity contribution < 1.29 is 77.3 Å². The van der Waals surface area contributed by atoms with Crippen LogP contribution in [0.15, 0.2) is 100 Å². The predicted octanol–water partition coefficient (Wildman–Crippen LogP) is 5.96. The van der Waals surface area contributed by atoms with E-state index in [1.807, 2.05) is 18.2 Å². The number of halogens is 1. The molecule has 50 heavy (non-hydrogen) atoms. The summed E-state index contributed by atoms with van der Waals surface area (Å²) in [4.78, 5) is 2.24. The van der Waals surface area contributed by atoms with Crippen LogP contribution in [0.4, 0.5) is 5.69 Å². The molecule has 0 radical (unpaired) electrons. The summed E-state index contributed by atoms with van der Waals surface area (Å²) in [6, 6.07) is 16.7. The summed E-state index contributed by atoms with van der Waals surface area (Å²) in [6.07, 6.45) is 13.9. The van der Waals surface area contributed by atoms with E-state index in [1.54, 1.807) is 0 Å². The number of hydrogen-bond donors (Lipinski definition) is 1. The van der Waals surface area contributed by atoms with E-state index in [1.165, 1.54) is 27.8 Å². The standard InChI is InChI=1S/C39H48ClNO6S2.K/c1-38(2)32-18-6-5-16-30(32)31(17-9-11-26-48(42,43)44)33(38)23-21-28-14-13-15-29(37(28)40)22-24-36-39(3,4)34-19-7-8-20-35(34)41(36)25-10-12-27-49(45,46)47;/h5-8,16,18-24H,9-15,17,25-27H2,1-4H3,(H,42,43,44)(H,45,46,47);/q;+1/p-1/b23-21+,29-22+,36-24+;. The molecule has 11 heteroatoms. The fraction of sp³-hybridized carbons (Fsp3) is 0.436. The Kier molecular flexibility index (Phi) is 13.9. The third-order valence-electron chi connectivity index (χ3n) is 10.2. The van der Waals surface area contributed by atoms with Gasteiger partial charge < -0.3 is 9.45 Å². The van der Waals surface area contributed by atoms with Gasteiger partial charge in [0.05, 0.1) is 15.9 Å². The molecule has 0 bridgehead atoms. The zero-order chi connectivity index (χ0) is 35.6. The van der Waals surface area contributed by atoms with Crippen molar-refractivity contribution in [2.75, 3.05) is 23.0 Å². The first-order chi connectivity index (χ1) is 23.0. The second-order valence-electron chi connectivity index (χ2n) is 14.3. The van der Waals surface area contributed by atoms with E-state index >= 15 is 0 Å². The van der Waals surface area contributed by atoms with E-state index in [4.69, 9.17) is 11.6 Å². The van der Waals surface area contributed by atoms with Crippen LogP contribution in [-0.2, 0) is 31.1 Å². The van der Waals surface area contributed by atoms with Crippen molar-refractivity contribution in [3.05, 3.63) is 117 Å². The SMILES string of the molecule is CC1(C)C(/C=C/C2=C(Cl)C(=C/C=C3/N(CCCCS(=O)(=O)[O-])c4ccccc4C3(C)C)/CCC2)=C(CCCCS(=O)(=O)O)c2ccccc21.[K+]. The minimum Gasteiger partial charge on any atom is -0.748 e. The summed E-state index contributed by atoms with van der Waals surface area (Å²) in [5.41, 5.74) is 9.87. The predicted molar refractivity (Wildman–Crippen MR) is 199 cm³/mol. The molecule has 0 saturated carbocycles. The minimum absolute atomic E-state index is 0. The average Bonchev–Trinajstić information content (AvgIpc) is 3.37. The number of nitrogens with zero attached hydrogens (tertiary/aromatic N) is 1. The van der Waals surface area contributed by atoms with Crippen molar-refractivity contribution in [3.63, 3.8) is 0 Å². The van der Waals surface area contributed by atoms with Gasteiger partial charge in [-0.3, -0.25) is 4.55 Å². The van der Waals surface area contributed by atoms with E-state index in [0.29, 0.717) is 38.6 Å². The normalized spacial score (nSPS) is 20.2. The quantitative estimate of drug-likeness (QED) is 0.152. The Balaban J connectivity index is 0.00000562. The van der Waals surface area contributed by atoms with Gasteiger partial charge in [0.25, 0.3) is 10.1 Å². The van der Waals surface area contributed by atoms with Crippen molar-refractivity contribution in [1.29, 1.82) is 0 Å². The van der Waals surface area contributed by atoms with Crippen LogP contribution < -0.4 is 56.3 Å². The van der Waals surface area contributed by atoms with E-state index in [2.05, 4.69) is 87.2 Å². The van der Waals surface area contributed by atoms with Gasteiger partial charge in [-0.25, -0.2) is 8.42 Å². The number of para-hydroxylation sites is 1. The van der Waals surface area contributed by atoms with Crippen molar-refractivity contribution in [3.8, 4) is 0 Å². The maximum absolute atomic E-state index is 11.3. The van der Waals surface area contributed by atoms with Crippen LogP contribution in [0.1, 0.15) is 95.8 Å². The van der Waals surface area contributed by atoms with Gasteiger partial charge in [-0.2, -0.15) is 8.42 Å². The zero-order valence-electron chi connectivity index (χ0n) is 29.8. The van der Waals surface area contributed by atoms with Gasteiger partial charge in [0.1, 0.15) is 0 Å². The molecule has 0 aromatic heterocycles. The number of rotatable bonds is 13. The maximum Gasteiger partial charge on any atom is 1.00 e. The monoisotopic (exact) mass is 763 g/mol. The first kappa shape index (κ1) is 41.4. The maximum atomic E-state index is 11.3. The first-order valence-electron chi connectivity index (χ1n) is 17.1. The number of hydrogen-bond acceptors (Lipinski definition) is 6. The Hall–Kier alpha value is -1.31. The van der Waals surface area contributed by atoms with E-state index in [9.17, 15) is 25.9 Å². The van der Waals surface area contributed by atoms with Gasteiger partial charge in [0, 0.05) is 39.5 Å². The van der Waals surface area contributed by atoms with Crippen LogP contribution in [0.2, 0.25) is 0 Å². The molecule has 0 atom stereocenters. The molecule has 0 fully saturated rings. The van der Waals surface area contributed by atoms with E-state index < -0.39 is 20.2 Å². The molecule has 0 unspecified atom stereocenters. The molecular weight excluding hydrogens is 717 g/mol. The topological polar surface area (TPSA) is 115 Å². The molecule has 264 valence electrons. The fourth-order valence-electron chi connectivity index (χ4n) is 7.63. The van der Waals surface area contributed by atoms with Crippen LogP contribution in [0.5, 0.6) is 0 Å². The van der Waals surface area contributed by atoms with Crippen LogP contribution in [0, 0.1) is 0 Å². The number of anilines is 1. The van der Waals surface area contributed by atoms with E-state index in [-0.39, 0.29) is 73.7 Å². The van der Waals surface area contributed by atoms with Crippen molar-refractivity contribution >= 4 is 43.1 Å². The third-order valence-corrected chi connectivity index (χ3v) is 12.3. The summed E-state index contributed by atoms with van der Waals surface area (Å²) in [5, 5.41) is 0.753. The molecule has 0 amide bonds. The number of benzene rings is 2. The summed E-state index contributed by atoms with van der Waals surface area (Å²) in [5.74, 6) is -0.599. The second kappa shape index (κ2) is 16.8. The third kappa shape index (κ3) is 9.61. The van der Waals surface area contributed by atoms with Crippen LogP contribution in [0.3, 0.4) is 0 Å². The van der Waals surface area contributed by atoms with Gasteiger partial charge in [0.15, 0.2) is 0 Å². The molecule has 5 rings (SSSR count).